The van der Waals surface area contributed by atoms with Crippen molar-refractivity contribution in [3.63, 3.8) is 0 Å². The van der Waals surface area contributed by atoms with E-state index in [1.165, 1.54) is 5.56 Å². The zero-order chi connectivity index (χ0) is 14.1. The Kier molecular flexibility index (Phi) is 3.33. The summed E-state index contributed by atoms with van der Waals surface area (Å²) in [6.45, 7) is 2.11. The van der Waals surface area contributed by atoms with Gasteiger partial charge in [0.1, 0.15) is 0 Å². The SMILES string of the molecule is CCc1cccc2c(C=O)c(-c3ccc(Cl)cc3)[nH]c12. The predicted octanol–water partition coefficient (Wildman–Crippen LogP) is 4.86. The average Bonchev–Trinajstić information content (AvgIpc) is 2.86. The molecule has 0 aliphatic carbocycles. The molecular weight excluding hydrogens is 270 g/mol. The van der Waals surface area contributed by atoms with Gasteiger partial charge in [-0.2, -0.15) is 0 Å². The van der Waals surface area contributed by atoms with Crippen molar-refractivity contribution in [2.45, 2.75) is 13.3 Å². The fourth-order valence-corrected chi connectivity index (χ4v) is 2.69. The lowest BCUT2D eigenvalue weighted by Gasteiger charge is -2.00. The summed E-state index contributed by atoms with van der Waals surface area (Å²) in [5, 5.41) is 1.66. The number of aryl methyl sites for hydroxylation is 1. The Morgan fingerprint density at radius 2 is 1.90 bits per heavy atom. The highest BCUT2D eigenvalue weighted by Gasteiger charge is 2.14. The molecule has 0 unspecified atom stereocenters. The number of halogens is 1. The number of para-hydroxylation sites is 1. The van der Waals surface area contributed by atoms with Crippen LogP contribution in [0.4, 0.5) is 0 Å². The number of carbonyl (C=O) groups is 1. The average molecular weight is 284 g/mol. The van der Waals surface area contributed by atoms with Crippen molar-refractivity contribution in [1.82, 2.24) is 4.98 Å². The van der Waals surface area contributed by atoms with Gasteiger partial charge in [0.25, 0.3) is 0 Å². The minimum atomic E-state index is 0.687. The molecule has 3 aromatic rings. The molecule has 1 aromatic heterocycles. The second kappa shape index (κ2) is 5.14. The van der Waals surface area contributed by atoms with Gasteiger partial charge in [0, 0.05) is 21.5 Å². The molecule has 0 saturated heterocycles. The monoisotopic (exact) mass is 283 g/mol. The van der Waals surface area contributed by atoms with Crippen LogP contribution in [0.2, 0.25) is 5.02 Å². The largest absolute Gasteiger partial charge is 0.354 e. The Bertz CT molecular complexity index is 772. The van der Waals surface area contributed by atoms with Crippen LogP contribution in [0.5, 0.6) is 0 Å². The summed E-state index contributed by atoms with van der Waals surface area (Å²) >= 11 is 5.92. The van der Waals surface area contributed by atoms with Crippen molar-refractivity contribution < 1.29 is 4.79 Å². The van der Waals surface area contributed by atoms with Gasteiger partial charge in [-0.3, -0.25) is 4.79 Å². The molecule has 0 aliphatic rings. The fourth-order valence-electron chi connectivity index (χ4n) is 2.56. The lowest BCUT2D eigenvalue weighted by atomic mass is 10.0. The Hall–Kier alpha value is -2.06. The first-order valence-electron chi connectivity index (χ1n) is 6.59. The maximum absolute atomic E-state index is 11.5. The van der Waals surface area contributed by atoms with Gasteiger partial charge in [0.15, 0.2) is 6.29 Å². The molecule has 1 heterocycles. The number of nitrogens with one attached hydrogen (secondary N) is 1. The lowest BCUT2D eigenvalue weighted by Crippen LogP contribution is -1.84. The molecule has 0 fully saturated rings. The van der Waals surface area contributed by atoms with E-state index in [0.717, 1.165) is 34.9 Å². The molecule has 0 atom stereocenters. The minimum Gasteiger partial charge on any atom is -0.354 e. The van der Waals surface area contributed by atoms with Crippen LogP contribution in [0.15, 0.2) is 42.5 Å². The number of aromatic nitrogens is 1. The van der Waals surface area contributed by atoms with Crippen molar-refractivity contribution in [2.24, 2.45) is 0 Å². The molecule has 0 amide bonds. The summed E-state index contributed by atoms with van der Waals surface area (Å²) in [6.07, 6.45) is 1.85. The minimum absolute atomic E-state index is 0.687. The molecular formula is C17H14ClNO. The molecule has 100 valence electrons. The third kappa shape index (κ3) is 2.02. The number of aldehydes is 1. The normalized spacial score (nSPS) is 10.9. The van der Waals surface area contributed by atoms with E-state index in [9.17, 15) is 4.79 Å². The zero-order valence-electron chi connectivity index (χ0n) is 11.1. The van der Waals surface area contributed by atoms with Gasteiger partial charge in [0.2, 0.25) is 0 Å². The van der Waals surface area contributed by atoms with Crippen LogP contribution < -0.4 is 0 Å². The summed E-state index contributed by atoms with van der Waals surface area (Å²) in [7, 11) is 0. The predicted molar refractivity (Wildman–Crippen MR) is 83.5 cm³/mol. The van der Waals surface area contributed by atoms with Gasteiger partial charge in [-0.25, -0.2) is 0 Å². The standard InChI is InChI=1S/C17H14ClNO/c1-2-11-4-3-5-14-15(10-20)17(19-16(11)14)12-6-8-13(18)9-7-12/h3-10,19H,2H2,1H3. The number of benzene rings is 2. The number of carbonyl (C=O) groups excluding carboxylic acids is 1. The Labute approximate surface area is 122 Å². The number of hydrogen-bond acceptors (Lipinski definition) is 1. The number of hydrogen-bond donors (Lipinski definition) is 1. The number of H-pyrrole nitrogens is 1. The Morgan fingerprint density at radius 3 is 2.55 bits per heavy atom. The molecule has 0 radical (unpaired) electrons. The van der Waals surface area contributed by atoms with Crippen LogP contribution >= 0.6 is 11.6 Å². The van der Waals surface area contributed by atoms with Crippen LogP contribution in [0.25, 0.3) is 22.2 Å². The first-order valence-corrected chi connectivity index (χ1v) is 6.97. The van der Waals surface area contributed by atoms with E-state index in [0.29, 0.717) is 10.6 Å². The summed E-state index contributed by atoms with van der Waals surface area (Å²) in [5.74, 6) is 0. The second-order valence-corrected chi connectivity index (χ2v) is 5.17. The summed E-state index contributed by atoms with van der Waals surface area (Å²) in [4.78, 5) is 14.9. The zero-order valence-corrected chi connectivity index (χ0v) is 11.9. The van der Waals surface area contributed by atoms with Gasteiger partial charge in [0.05, 0.1) is 5.69 Å². The molecule has 0 saturated carbocycles. The number of fused-ring (bicyclic) bond motifs is 1. The van der Waals surface area contributed by atoms with Crippen LogP contribution in [0.3, 0.4) is 0 Å². The van der Waals surface area contributed by atoms with Crippen LogP contribution in [0, 0.1) is 0 Å². The second-order valence-electron chi connectivity index (χ2n) is 4.73. The maximum atomic E-state index is 11.5. The van der Waals surface area contributed by atoms with E-state index in [4.69, 9.17) is 11.6 Å². The summed E-state index contributed by atoms with van der Waals surface area (Å²) in [5.41, 5.74) is 4.79. The van der Waals surface area contributed by atoms with E-state index in [-0.39, 0.29) is 0 Å². The van der Waals surface area contributed by atoms with Crippen LogP contribution in [0.1, 0.15) is 22.8 Å². The van der Waals surface area contributed by atoms with Gasteiger partial charge in [-0.05, 0) is 29.7 Å². The topological polar surface area (TPSA) is 32.9 Å². The Morgan fingerprint density at radius 1 is 1.15 bits per heavy atom. The van der Waals surface area contributed by atoms with Gasteiger partial charge in [-0.1, -0.05) is 48.9 Å². The van der Waals surface area contributed by atoms with Crippen molar-refractivity contribution in [3.8, 4) is 11.3 Å². The van der Waals surface area contributed by atoms with Gasteiger partial charge >= 0.3 is 0 Å². The number of rotatable bonds is 3. The lowest BCUT2D eigenvalue weighted by molar-refractivity contribution is 0.112. The van der Waals surface area contributed by atoms with Gasteiger partial charge in [-0.15, -0.1) is 0 Å². The molecule has 3 rings (SSSR count). The molecule has 0 bridgehead atoms. The van der Waals surface area contributed by atoms with E-state index < -0.39 is 0 Å². The quantitative estimate of drug-likeness (QED) is 0.684. The third-order valence-corrected chi connectivity index (χ3v) is 3.84. The van der Waals surface area contributed by atoms with Crippen molar-refractivity contribution >= 4 is 28.8 Å². The highest BCUT2D eigenvalue weighted by atomic mass is 35.5. The fraction of sp³-hybridized carbons (Fsp3) is 0.118. The molecule has 2 nitrogen and oxygen atoms in total. The van der Waals surface area contributed by atoms with E-state index in [1.807, 2.05) is 36.4 Å². The first kappa shape index (κ1) is 12.9. The number of aromatic amines is 1. The maximum Gasteiger partial charge on any atom is 0.152 e. The highest BCUT2D eigenvalue weighted by Crippen LogP contribution is 2.31. The summed E-state index contributed by atoms with van der Waals surface area (Å²) in [6, 6.07) is 13.6. The van der Waals surface area contributed by atoms with Crippen LogP contribution in [-0.4, -0.2) is 11.3 Å². The third-order valence-electron chi connectivity index (χ3n) is 3.59. The summed E-state index contributed by atoms with van der Waals surface area (Å²) < 4.78 is 0. The van der Waals surface area contributed by atoms with E-state index >= 15 is 0 Å². The van der Waals surface area contributed by atoms with E-state index in [1.54, 1.807) is 0 Å². The molecule has 1 N–H and O–H groups in total. The Balaban J connectivity index is 2.30. The first-order chi connectivity index (χ1) is 9.74. The molecule has 3 heteroatoms. The highest BCUT2D eigenvalue weighted by molar-refractivity contribution is 6.30. The van der Waals surface area contributed by atoms with Crippen LogP contribution in [-0.2, 0) is 6.42 Å². The molecule has 0 spiro atoms. The van der Waals surface area contributed by atoms with Crippen molar-refractivity contribution in [1.29, 1.82) is 0 Å². The molecule has 2 aromatic carbocycles. The van der Waals surface area contributed by atoms with Crippen molar-refractivity contribution in [3.05, 3.63) is 58.6 Å². The van der Waals surface area contributed by atoms with Gasteiger partial charge < -0.3 is 4.98 Å². The molecule has 20 heavy (non-hydrogen) atoms. The smallest absolute Gasteiger partial charge is 0.152 e. The van der Waals surface area contributed by atoms with E-state index in [2.05, 4.69) is 18.0 Å². The van der Waals surface area contributed by atoms with Crippen molar-refractivity contribution in [2.75, 3.05) is 0 Å². The molecule has 0 aliphatic heterocycles.